The van der Waals surface area contributed by atoms with Crippen LogP contribution in [-0.4, -0.2) is 50.3 Å². The number of nitrogens with two attached hydrogens (primary N) is 1. The number of hydrogen-bond donors (Lipinski definition) is 3. The van der Waals surface area contributed by atoms with Gasteiger partial charge in [-0.05, 0) is 30.5 Å². The first-order valence-electron chi connectivity index (χ1n) is 10.9. The number of nitrogens with zero attached hydrogens (tertiary/aromatic N) is 3. The maximum absolute atomic E-state index is 13.3. The molecule has 8 nitrogen and oxygen atoms in total. The highest BCUT2D eigenvalue weighted by Gasteiger charge is 2.37. The van der Waals surface area contributed by atoms with Crippen LogP contribution < -0.4 is 11.1 Å². The van der Waals surface area contributed by atoms with Crippen LogP contribution in [-0.2, 0) is 22.4 Å². The molecule has 0 aliphatic carbocycles. The number of rotatable bonds is 8. The molecule has 2 aromatic heterocycles. The lowest BCUT2D eigenvalue weighted by atomic mass is 10.0. The van der Waals surface area contributed by atoms with Gasteiger partial charge < -0.3 is 20.9 Å². The smallest absolute Gasteiger partial charge is 0.243 e. The number of benzene rings is 1. The number of H-pyrrole nitrogens is 1. The molecule has 166 valence electrons. The third kappa shape index (κ3) is 5.20. The Balaban J connectivity index is 1.46. The number of pyridine rings is 1. The van der Waals surface area contributed by atoms with E-state index in [9.17, 15) is 9.59 Å². The summed E-state index contributed by atoms with van der Waals surface area (Å²) in [4.78, 5) is 39.3. The van der Waals surface area contributed by atoms with E-state index in [-0.39, 0.29) is 17.9 Å². The highest BCUT2D eigenvalue weighted by atomic mass is 16.2. The van der Waals surface area contributed by atoms with Crippen LogP contribution in [0, 0.1) is 0 Å². The fourth-order valence-corrected chi connectivity index (χ4v) is 4.17. The third-order valence-corrected chi connectivity index (χ3v) is 5.81. The first-order chi connectivity index (χ1) is 15.6. The Bertz CT molecular complexity index is 1010. The predicted molar refractivity (Wildman–Crippen MR) is 120 cm³/mol. The molecule has 0 saturated carbocycles. The number of carbonyl (C=O) groups excluding carboxylic acids is 2. The van der Waals surface area contributed by atoms with Gasteiger partial charge in [-0.15, -0.1) is 0 Å². The van der Waals surface area contributed by atoms with E-state index in [2.05, 4.69) is 20.3 Å². The monoisotopic (exact) mass is 432 g/mol. The topological polar surface area (TPSA) is 117 Å². The van der Waals surface area contributed by atoms with Gasteiger partial charge in [0.15, 0.2) is 0 Å². The average Bonchev–Trinajstić information content (AvgIpc) is 3.51. The van der Waals surface area contributed by atoms with Crippen molar-refractivity contribution in [2.45, 2.75) is 43.8 Å². The maximum atomic E-state index is 13.3. The Morgan fingerprint density at radius 3 is 2.69 bits per heavy atom. The summed E-state index contributed by atoms with van der Waals surface area (Å²) in [6.45, 7) is 0.532. The van der Waals surface area contributed by atoms with Gasteiger partial charge in [0, 0.05) is 43.2 Å². The number of hydrogen-bond acceptors (Lipinski definition) is 5. The molecule has 1 aliphatic heterocycles. The Labute approximate surface area is 187 Å². The minimum Gasteiger partial charge on any atom is -0.348 e. The van der Waals surface area contributed by atoms with E-state index >= 15 is 0 Å². The van der Waals surface area contributed by atoms with Crippen LogP contribution in [0.25, 0.3) is 0 Å². The van der Waals surface area contributed by atoms with Crippen LogP contribution in [0.2, 0.25) is 0 Å². The van der Waals surface area contributed by atoms with Crippen molar-refractivity contribution in [1.29, 1.82) is 0 Å². The number of likely N-dealkylation sites (tertiary alicyclic amines) is 1. The summed E-state index contributed by atoms with van der Waals surface area (Å²) in [6.07, 6.45) is 7.29. The van der Waals surface area contributed by atoms with E-state index in [1.807, 2.05) is 48.5 Å². The molecule has 4 rings (SSSR count). The van der Waals surface area contributed by atoms with Gasteiger partial charge >= 0.3 is 0 Å². The van der Waals surface area contributed by atoms with Gasteiger partial charge in [0.25, 0.3) is 0 Å². The minimum absolute atomic E-state index is 0.158. The van der Waals surface area contributed by atoms with E-state index in [1.165, 1.54) is 0 Å². The first kappa shape index (κ1) is 21.7. The normalized spacial score (nSPS) is 17.7. The zero-order valence-electron chi connectivity index (χ0n) is 17.9. The molecule has 1 aromatic carbocycles. The molecule has 8 heteroatoms. The third-order valence-electron chi connectivity index (χ3n) is 5.81. The van der Waals surface area contributed by atoms with Crippen LogP contribution in [0.5, 0.6) is 0 Å². The Morgan fingerprint density at radius 1 is 1.16 bits per heavy atom. The van der Waals surface area contributed by atoms with E-state index in [1.54, 1.807) is 23.6 Å². The lowest BCUT2D eigenvalue weighted by Crippen LogP contribution is -2.52. The van der Waals surface area contributed by atoms with E-state index in [0.29, 0.717) is 25.8 Å². The molecule has 1 fully saturated rings. The number of aromatic nitrogens is 3. The standard InChI is InChI=1S/C24H28N6O2/c25-20(13-19-15-26-16-28-19)24(32)30-12-6-10-22(30)23(31)29-21(17-7-2-1-3-8-17)14-18-9-4-5-11-27-18/h1-5,7-9,11,15-16,20-22H,6,10,12-14,25H2,(H,26,28)(H,29,31)/t20?,21-,22-/m0/s1. The van der Waals surface area contributed by atoms with Gasteiger partial charge in [-0.3, -0.25) is 14.6 Å². The molecular weight excluding hydrogens is 404 g/mol. The summed E-state index contributed by atoms with van der Waals surface area (Å²) in [5.74, 6) is -0.368. The molecular formula is C24H28N6O2. The number of aromatic amines is 1. The zero-order chi connectivity index (χ0) is 22.3. The van der Waals surface area contributed by atoms with E-state index in [4.69, 9.17) is 5.73 Å². The molecule has 1 aliphatic rings. The van der Waals surface area contributed by atoms with Crippen molar-refractivity contribution in [2.75, 3.05) is 6.54 Å². The van der Waals surface area contributed by atoms with Crippen LogP contribution in [0.15, 0.2) is 67.3 Å². The fourth-order valence-electron chi connectivity index (χ4n) is 4.17. The molecule has 3 heterocycles. The lowest BCUT2D eigenvalue weighted by molar-refractivity contribution is -0.139. The predicted octanol–water partition coefficient (Wildman–Crippen LogP) is 1.77. The van der Waals surface area contributed by atoms with Gasteiger partial charge in [-0.1, -0.05) is 36.4 Å². The molecule has 3 aromatic rings. The Morgan fingerprint density at radius 2 is 1.97 bits per heavy atom. The summed E-state index contributed by atoms with van der Waals surface area (Å²) < 4.78 is 0. The van der Waals surface area contributed by atoms with E-state index < -0.39 is 12.1 Å². The quantitative estimate of drug-likeness (QED) is 0.502. The first-order valence-corrected chi connectivity index (χ1v) is 10.9. The molecule has 2 amide bonds. The summed E-state index contributed by atoms with van der Waals surface area (Å²) in [5, 5.41) is 3.16. The van der Waals surface area contributed by atoms with Crippen molar-refractivity contribution >= 4 is 11.8 Å². The molecule has 1 saturated heterocycles. The number of imidazole rings is 1. The highest BCUT2D eigenvalue weighted by Crippen LogP contribution is 2.22. The number of amides is 2. The molecule has 3 atom stereocenters. The highest BCUT2D eigenvalue weighted by molar-refractivity contribution is 5.90. The largest absolute Gasteiger partial charge is 0.348 e. The molecule has 0 radical (unpaired) electrons. The second-order valence-corrected chi connectivity index (χ2v) is 8.07. The van der Waals surface area contributed by atoms with E-state index in [0.717, 1.165) is 23.4 Å². The van der Waals surface area contributed by atoms with Gasteiger partial charge in [0.2, 0.25) is 11.8 Å². The van der Waals surface area contributed by atoms with Crippen molar-refractivity contribution in [3.8, 4) is 0 Å². The van der Waals surface area contributed by atoms with Crippen LogP contribution in [0.3, 0.4) is 0 Å². The SMILES string of the molecule is NC(Cc1cnc[nH]1)C(=O)N1CCC[C@H]1C(=O)N[C@@H](Cc1ccccn1)c1ccccc1. The van der Waals surface area contributed by atoms with Gasteiger partial charge in [0.1, 0.15) is 6.04 Å². The molecule has 0 bridgehead atoms. The summed E-state index contributed by atoms with van der Waals surface area (Å²) in [5.41, 5.74) is 8.85. The molecule has 4 N–H and O–H groups in total. The maximum Gasteiger partial charge on any atom is 0.243 e. The average molecular weight is 433 g/mol. The van der Waals surface area contributed by atoms with Crippen LogP contribution in [0.4, 0.5) is 0 Å². The Kier molecular flexibility index (Phi) is 6.91. The summed E-state index contributed by atoms with van der Waals surface area (Å²) >= 11 is 0. The number of carbonyl (C=O) groups is 2. The van der Waals surface area contributed by atoms with Crippen molar-refractivity contribution in [3.05, 3.63) is 84.2 Å². The lowest BCUT2D eigenvalue weighted by Gasteiger charge is -2.28. The summed E-state index contributed by atoms with van der Waals surface area (Å²) in [6, 6.07) is 14.1. The van der Waals surface area contributed by atoms with Crippen molar-refractivity contribution in [2.24, 2.45) is 5.73 Å². The zero-order valence-corrected chi connectivity index (χ0v) is 17.9. The van der Waals surface area contributed by atoms with Gasteiger partial charge in [-0.2, -0.15) is 0 Å². The van der Waals surface area contributed by atoms with Crippen molar-refractivity contribution < 1.29 is 9.59 Å². The minimum atomic E-state index is -0.720. The van der Waals surface area contributed by atoms with Crippen LogP contribution >= 0.6 is 0 Å². The molecule has 0 spiro atoms. The summed E-state index contributed by atoms with van der Waals surface area (Å²) in [7, 11) is 0. The molecule has 1 unspecified atom stereocenters. The van der Waals surface area contributed by atoms with Crippen LogP contribution in [0.1, 0.15) is 35.8 Å². The van der Waals surface area contributed by atoms with Gasteiger partial charge in [0.05, 0.1) is 18.4 Å². The second kappa shape index (κ2) is 10.2. The number of nitrogens with one attached hydrogen (secondary N) is 2. The fraction of sp³-hybridized carbons (Fsp3) is 0.333. The Hall–Kier alpha value is -3.52. The van der Waals surface area contributed by atoms with Gasteiger partial charge in [-0.25, -0.2) is 4.98 Å². The second-order valence-electron chi connectivity index (χ2n) is 8.07. The molecule has 32 heavy (non-hydrogen) atoms. The van der Waals surface area contributed by atoms with Crippen molar-refractivity contribution in [3.63, 3.8) is 0 Å². The van der Waals surface area contributed by atoms with Crippen molar-refractivity contribution in [1.82, 2.24) is 25.2 Å².